The van der Waals surface area contributed by atoms with Crippen molar-refractivity contribution in [1.29, 1.82) is 0 Å². The molecule has 1 aromatic rings. The lowest BCUT2D eigenvalue weighted by molar-refractivity contribution is -0.117. The van der Waals surface area contributed by atoms with Crippen molar-refractivity contribution in [2.24, 2.45) is 5.73 Å². The Balaban J connectivity index is 2.55. The Hall–Kier alpha value is -1.18. The topological polar surface area (TPSA) is 80.5 Å². The van der Waals surface area contributed by atoms with Crippen molar-refractivity contribution in [2.45, 2.75) is 13.0 Å². The van der Waals surface area contributed by atoms with Crippen LogP contribution in [0.3, 0.4) is 0 Å². The molecule has 0 aromatic heterocycles. The van der Waals surface area contributed by atoms with Crippen LogP contribution in [0.5, 0.6) is 0 Å². The Kier molecular flexibility index (Phi) is 6.57. The number of nitrogens with two attached hydrogens (primary N) is 1. The van der Waals surface area contributed by atoms with Crippen LogP contribution in [0.4, 0.5) is 4.39 Å². The predicted molar refractivity (Wildman–Crippen MR) is 80.2 cm³/mol. The molecule has 118 valence electrons. The molecule has 0 bridgehead atoms. The average Bonchev–Trinajstić information content (AvgIpc) is 2.39. The second kappa shape index (κ2) is 7.72. The van der Waals surface area contributed by atoms with Crippen molar-refractivity contribution in [3.8, 4) is 0 Å². The van der Waals surface area contributed by atoms with Gasteiger partial charge in [0.05, 0.1) is 11.5 Å². The summed E-state index contributed by atoms with van der Waals surface area (Å²) in [6, 6.07) is 4.39. The van der Waals surface area contributed by atoms with Gasteiger partial charge in [0.15, 0.2) is 9.84 Å². The molecule has 0 aliphatic heterocycles. The lowest BCUT2D eigenvalue weighted by Crippen LogP contribution is -2.28. The van der Waals surface area contributed by atoms with Crippen LogP contribution in [0.25, 0.3) is 0 Å². The van der Waals surface area contributed by atoms with Crippen molar-refractivity contribution >= 4 is 27.3 Å². The lowest BCUT2D eigenvalue weighted by Gasteiger charge is -2.17. The van der Waals surface area contributed by atoms with Gasteiger partial charge in [0.2, 0.25) is 5.91 Å². The number of primary amides is 1. The molecule has 21 heavy (non-hydrogen) atoms. The van der Waals surface area contributed by atoms with E-state index in [9.17, 15) is 17.6 Å². The van der Waals surface area contributed by atoms with Gasteiger partial charge in [-0.15, -0.1) is 0 Å². The van der Waals surface area contributed by atoms with Crippen molar-refractivity contribution in [1.82, 2.24) is 4.90 Å². The molecule has 8 heteroatoms. The van der Waals surface area contributed by atoms with Crippen LogP contribution in [0.2, 0.25) is 5.02 Å². The Bertz CT molecular complexity index is 587. The number of benzene rings is 1. The van der Waals surface area contributed by atoms with Gasteiger partial charge in [-0.3, -0.25) is 4.79 Å². The first-order valence-electron chi connectivity index (χ1n) is 6.31. The van der Waals surface area contributed by atoms with Crippen molar-refractivity contribution in [3.05, 3.63) is 34.6 Å². The average molecular weight is 337 g/mol. The number of hydrogen-bond acceptors (Lipinski definition) is 4. The van der Waals surface area contributed by atoms with Gasteiger partial charge in [0, 0.05) is 30.1 Å². The number of carbonyl (C=O) groups is 1. The molecule has 2 N–H and O–H groups in total. The van der Waals surface area contributed by atoms with E-state index in [1.807, 2.05) is 0 Å². The van der Waals surface area contributed by atoms with Crippen molar-refractivity contribution in [2.75, 3.05) is 25.1 Å². The van der Waals surface area contributed by atoms with Gasteiger partial charge < -0.3 is 10.6 Å². The monoisotopic (exact) mass is 336 g/mol. The molecule has 0 radical (unpaired) electrons. The van der Waals surface area contributed by atoms with E-state index in [1.165, 1.54) is 12.1 Å². The molecule has 0 aliphatic rings. The molecule has 0 atom stereocenters. The van der Waals surface area contributed by atoms with E-state index in [-0.39, 0.29) is 31.0 Å². The maximum atomic E-state index is 13.6. The van der Waals surface area contributed by atoms with Gasteiger partial charge in [0.25, 0.3) is 0 Å². The summed E-state index contributed by atoms with van der Waals surface area (Å²) in [6.45, 7) is 0.419. The molecule has 0 fully saturated rings. The third-order valence-corrected chi connectivity index (χ3v) is 4.92. The second-order valence-corrected chi connectivity index (χ2v) is 7.52. The number of amides is 1. The molecular weight excluding hydrogens is 319 g/mol. The van der Waals surface area contributed by atoms with Crippen LogP contribution >= 0.6 is 11.6 Å². The highest BCUT2D eigenvalue weighted by atomic mass is 35.5. The van der Waals surface area contributed by atoms with Gasteiger partial charge in [-0.05, 0) is 19.2 Å². The summed E-state index contributed by atoms with van der Waals surface area (Å²) in [4.78, 5) is 12.3. The van der Waals surface area contributed by atoms with E-state index >= 15 is 0 Å². The maximum Gasteiger partial charge on any atom is 0.218 e. The third kappa shape index (κ3) is 6.41. The van der Waals surface area contributed by atoms with E-state index in [2.05, 4.69) is 0 Å². The third-order valence-electron chi connectivity index (χ3n) is 2.93. The molecule has 5 nitrogen and oxygen atoms in total. The molecule has 0 spiro atoms. The standard InChI is InChI=1S/C13H18ClFN2O3S/c1-17(6-8-21(19,20)7-5-13(16)18)9-10-11(14)3-2-4-12(10)15/h2-4H,5-9H2,1H3,(H2,16,18). The van der Waals surface area contributed by atoms with Crippen LogP contribution in [-0.2, 0) is 21.2 Å². The van der Waals surface area contributed by atoms with Gasteiger partial charge in [-0.25, -0.2) is 12.8 Å². The van der Waals surface area contributed by atoms with Crippen molar-refractivity contribution < 1.29 is 17.6 Å². The van der Waals surface area contributed by atoms with Gasteiger partial charge in [-0.1, -0.05) is 17.7 Å². The summed E-state index contributed by atoms with van der Waals surface area (Å²) in [5, 5.41) is 0.304. The molecule has 0 aliphatic carbocycles. The first kappa shape index (κ1) is 17.9. The Labute approximate surface area is 128 Å². The quantitative estimate of drug-likeness (QED) is 0.773. The predicted octanol–water partition coefficient (Wildman–Crippen LogP) is 1.20. The minimum absolute atomic E-state index is 0.122. The lowest BCUT2D eigenvalue weighted by atomic mass is 10.2. The van der Waals surface area contributed by atoms with Crippen LogP contribution in [0.15, 0.2) is 18.2 Å². The van der Waals surface area contributed by atoms with Crippen LogP contribution in [-0.4, -0.2) is 44.3 Å². The van der Waals surface area contributed by atoms with E-state index in [1.54, 1.807) is 18.0 Å². The van der Waals surface area contributed by atoms with E-state index in [0.717, 1.165) is 0 Å². The van der Waals surface area contributed by atoms with E-state index in [4.69, 9.17) is 17.3 Å². The summed E-state index contributed by atoms with van der Waals surface area (Å²) >= 11 is 5.91. The normalized spacial score (nSPS) is 11.8. The highest BCUT2D eigenvalue weighted by Crippen LogP contribution is 2.20. The Morgan fingerprint density at radius 1 is 1.38 bits per heavy atom. The largest absolute Gasteiger partial charge is 0.370 e. The first-order chi connectivity index (χ1) is 9.71. The Morgan fingerprint density at radius 2 is 2.05 bits per heavy atom. The zero-order valence-corrected chi connectivity index (χ0v) is 13.3. The van der Waals surface area contributed by atoms with Crippen LogP contribution in [0, 0.1) is 5.82 Å². The summed E-state index contributed by atoms with van der Waals surface area (Å²) < 4.78 is 37.0. The van der Waals surface area contributed by atoms with E-state index < -0.39 is 21.6 Å². The number of carbonyl (C=O) groups excluding carboxylic acids is 1. The molecule has 1 amide bonds. The summed E-state index contributed by atoms with van der Waals surface area (Å²) in [7, 11) is -1.68. The van der Waals surface area contributed by atoms with Crippen molar-refractivity contribution in [3.63, 3.8) is 0 Å². The summed E-state index contributed by atoms with van der Waals surface area (Å²) in [5.41, 5.74) is 5.25. The Morgan fingerprint density at radius 3 is 2.62 bits per heavy atom. The SMILES string of the molecule is CN(CCS(=O)(=O)CCC(N)=O)Cc1c(F)cccc1Cl. The summed E-state index contributed by atoms with van der Waals surface area (Å²) in [6.07, 6.45) is -0.189. The first-order valence-corrected chi connectivity index (χ1v) is 8.51. The summed E-state index contributed by atoms with van der Waals surface area (Å²) in [5.74, 6) is -1.46. The van der Waals surface area contributed by atoms with Gasteiger partial charge >= 0.3 is 0 Å². The molecule has 0 heterocycles. The minimum atomic E-state index is -3.35. The fourth-order valence-electron chi connectivity index (χ4n) is 1.69. The number of hydrogen-bond donors (Lipinski definition) is 1. The van der Waals surface area contributed by atoms with E-state index in [0.29, 0.717) is 10.6 Å². The molecule has 1 rings (SSSR count). The van der Waals surface area contributed by atoms with Crippen LogP contribution < -0.4 is 5.73 Å². The highest BCUT2D eigenvalue weighted by molar-refractivity contribution is 7.91. The number of halogens is 2. The highest BCUT2D eigenvalue weighted by Gasteiger charge is 2.15. The zero-order chi connectivity index (χ0) is 16.0. The number of sulfone groups is 1. The molecule has 0 saturated carbocycles. The van der Waals surface area contributed by atoms with Gasteiger partial charge in [0.1, 0.15) is 5.82 Å². The second-order valence-electron chi connectivity index (χ2n) is 4.81. The maximum absolute atomic E-state index is 13.6. The van der Waals surface area contributed by atoms with Gasteiger partial charge in [-0.2, -0.15) is 0 Å². The number of rotatable bonds is 8. The fraction of sp³-hybridized carbons (Fsp3) is 0.462. The smallest absolute Gasteiger partial charge is 0.218 e. The molecule has 1 aromatic carbocycles. The van der Waals surface area contributed by atoms with Crippen LogP contribution in [0.1, 0.15) is 12.0 Å². The molecular formula is C13H18ClFN2O3S. The fourth-order valence-corrected chi connectivity index (χ4v) is 3.21. The number of nitrogens with zero attached hydrogens (tertiary/aromatic N) is 1. The zero-order valence-electron chi connectivity index (χ0n) is 11.7. The minimum Gasteiger partial charge on any atom is -0.370 e. The molecule has 0 unspecified atom stereocenters. The molecule has 0 saturated heterocycles.